The first-order valence-electron chi connectivity index (χ1n) is 4.50. The summed E-state index contributed by atoms with van der Waals surface area (Å²) in [6, 6.07) is 0. The Balaban J connectivity index is 1.70. The lowest BCUT2D eigenvalue weighted by molar-refractivity contribution is -0.513. The predicted molar refractivity (Wildman–Crippen MR) is 49.0 cm³/mol. The van der Waals surface area contributed by atoms with E-state index in [1.165, 1.54) is 0 Å². The van der Waals surface area contributed by atoms with E-state index in [1.807, 2.05) is 6.34 Å². The van der Waals surface area contributed by atoms with E-state index in [0.717, 1.165) is 39.3 Å². The molecule has 0 saturated heterocycles. The third kappa shape index (κ3) is 1.75. The summed E-state index contributed by atoms with van der Waals surface area (Å²) < 4.78 is 2.31. The van der Waals surface area contributed by atoms with Crippen molar-refractivity contribution in [2.75, 3.05) is 39.3 Å². The van der Waals surface area contributed by atoms with E-state index in [4.69, 9.17) is 0 Å². The second kappa shape index (κ2) is 3.56. The Morgan fingerprint density at radius 3 is 3.25 bits per heavy atom. The van der Waals surface area contributed by atoms with Crippen molar-refractivity contribution in [1.82, 2.24) is 10.2 Å². The van der Waals surface area contributed by atoms with E-state index in [2.05, 4.69) is 26.1 Å². The number of hydrogen-bond donors (Lipinski definition) is 1. The van der Waals surface area contributed by atoms with Gasteiger partial charge in [0.2, 0.25) is 6.34 Å². The van der Waals surface area contributed by atoms with Gasteiger partial charge in [-0.3, -0.25) is 14.9 Å². The Hall–Kier alpha value is -1.06. The van der Waals surface area contributed by atoms with Crippen molar-refractivity contribution in [2.24, 2.45) is 4.99 Å². The highest BCUT2D eigenvalue weighted by atomic mass is 15.2. The molecule has 1 N–H and O–H groups in total. The van der Waals surface area contributed by atoms with Crippen molar-refractivity contribution in [3.8, 4) is 0 Å². The molecule has 0 aromatic rings. The van der Waals surface area contributed by atoms with Crippen LogP contribution in [-0.2, 0) is 0 Å². The van der Waals surface area contributed by atoms with Gasteiger partial charge in [0.05, 0.1) is 19.4 Å². The molecule has 0 atom stereocenters. The van der Waals surface area contributed by atoms with Crippen molar-refractivity contribution in [1.29, 1.82) is 0 Å². The van der Waals surface area contributed by atoms with Crippen LogP contribution in [0.4, 0.5) is 0 Å². The maximum atomic E-state index is 4.17. The second-order valence-corrected chi connectivity index (χ2v) is 3.18. The van der Waals surface area contributed by atoms with Crippen molar-refractivity contribution < 1.29 is 4.58 Å². The summed E-state index contributed by atoms with van der Waals surface area (Å²) in [5, 5.41) is 3.20. The van der Waals surface area contributed by atoms with Crippen LogP contribution in [0.5, 0.6) is 0 Å². The zero-order valence-electron chi connectivity index (χ0n) is 7.24. The lowest BCUT2D eigenvalue weighted by Crippen LogP contribution is -2.28. The van der Waals surface area contributed by atoms with Gasteiger partial charge >= 0.3 is 0 Å². The minimum absolute atomic E-state index is 0.974. The van der Waals surface area contributed by atoms with Crippen LogP contribution < -0.4 is 5.32 Å². The molecule has 2 rings (SSSR count). The Bertz CT molecular complexity index is 209. The standard InChI is InChI=1S/C8H14N4/c1-3-11(7-9-1)5-6-12-4-2-10-8-12/h7-8H,1-6H2/p+1. The Morgan fingerprint density at radius 2 is 2.58 bits per heavy atom. The first kappa shape index (κ1) is 7.58. The minimum atomic E-state index is 0.974. The zero-order valence-corrected chi connectivity index (χ0v) is 7.24. The summed E-state index contributed by atoms with van der Waals surface area (Å²) in [6.45, 7) is 6.52. The molecule has 4 nitrogen and oxygen atoms in total. The van der Waals surface area contributed by atoms with Crippen LogP contribution in [0.3, 0.4) is 0 Å². The molecule has 0 aromatic carbocycles. The van der Waals surface area contributed by atoms with E-state index < -0.39 is 0 Å². The fraction of sp³-hybridized carbons (Fsp3) is 0.750. The highest BCUT2D eigenvalue weighted by molar-refractivity contribution is 5.57. The number of nitrogens with zero attached hydrogens (tertiary/aromatic N) is 3. The van der Waals surface area contributed by atoms with Gasteiger partial charge in [-0.2, -0.15) is 0 Å². The minimum Gasteiger partial charge on any atom is -0.357 e. The lowest BCUT2D eigenvalue weighted by Gasteiger charge is -2.12. The SMILES string of the molecule is C1=NCCN1CC[N+]1=CNCC1. The van der Waals surface area contributed by atoms with E-state index in [9.17, 15) is 0 Å². The highest BCUT2D eigenvalue weighted by Gasteiger charge is 2.10. The summed E-state index contributed by atoms with van der Waals surface area (Å²) in [4.78, 5) is 6.44. The molecule has 2 heterocycles. The Labute approximate surface area is 72.6 Å². The lowest BCUT2D eigenvalue weighted by atomic mass is 10.5. The number of aliphatic imine (C=N–C) groups is 1. The second-order valence-electron chi connectivity index (χ2n) is 3.18. The fourth-order valence-electron chi connectivity index (χ4n) is 1.49. The van der Waals surface area contributed by atoms with E-state index in [-0.39, 0.29) is 0 Å². The van der Waals surface area contributed by atoms with Gasteiger partial charge in [0, 0.05) is 6.54 Å². The summed E-state index contributed by atoms with van der Waals surface area (Å²) in [5.74, 6) is 0. The molecule has 12 heavy (non-hydrogen) atoms. The van der Waals surface area contributed by atoms with Crippen LogP contribution >= 0.6 is 0 Å². The molecule has 66 valence electrons. The third-order valence-corrected chi connectivity index (χ3v) is 2.25. The predicted octanol–water partition coefficient (Wildman–Crippen LogP) is -1.03. The van der Waals surface area contributed by atoms with Crippen molar-refractivity contribution >= 4 is 12.7 Å². The molecule has 0 aliphatic carbocycles. The maximum Gasteiger partial charge on any atom is 0.232 e. The van der Waals surface area contributed by atoms with Crippen LogP contribution in [0, 0.1) is 0 Å². The average Bonchev–Trinajstić information content (AvgIpc) is 2.74. The molecule has 4 heteroatoms. The monoisotopic (exact) mass is 167 g/mol. The first-order chi connectivity index (χ1) is 5.95. The molecular weight excluding hydrogens is 152 g/mol. The molecule has 0 saturated carbocycles. The van der Waals surface area contributed by atoms with Gasteiger partial charge in [0.1, 0.15) is 19.6 Å². The Kier molecular flexibility index (Phi) is 2.25. The molecular formula is C8H15N4+. The summed E-state index contributed by atoms with van der Waals surface area (Å²) in [6.07, 6.45) is 4.04. The van der Waals surface area contributed by atoms with Crippen LogP contribution in [0.15, 0.2) is 4.99 Å². The molecule has 0 aromatic heterocycles. The summed E-state index contributed by atoms with van der Waals surface area (Å²) in [5.41, 5.74) is 0. The number of hydrogen-bond acceptors (Lipinski definition) is 3. The molecule has 0 fully saturated rings. The molecule has 0 amide bonds. The normalized spacial score (nSPS) is 21.3. The van der Waals surface area contributed by atoms with Crippen LogP contribution in [0.1, 0.15) is 0 Å². The van der Waals surface area contributed by atoms with E-state index in [1.54, 1.807) is 0 Å². The fourth-order valence-corrected chi connectivity index (χ4v) is 1.49. The maximum absolute atomic E-state index is 4.17. The van der Waals surface area contributed by atoms with Crippen LogP contribution in [0.2, 0.25) is 0 Å². The first-order valence-corrected chi connectivity index (χ1v) is 4.50. The quantitative estimate of drug-likeness (QED) is 0.545. The van der Waals surface area contributed by atoms with Crippen molar-refractivity contribution in [2.45, 2.75) is 0 Å². The van der Waals surface area contributed by atoms with Gasteiger partial charge in [0.15, 0.2) is 0 Å². The topological polar surface area (TPSA) is 30.6 Å². The molecule has 2 aliphatic heterocycles. The zero-order chi connectivity index (χ0) is 8.23. The van der Waals surface area contributed by atoms with E-state index in [0.29, 0.717) is 0 Å². The van der Waals surface area contributed by atoms with Gasteiger partial charge in [-0.15, -0.1) is 0 Å². The average molecular weight is 167 g/mol. The molecule has 0 spiro atoms. The van der Waals surface area contributed by atoms with Crippen LogP contribution in [-0.4, -0.2) is 61.4 Å². The number of nitrogens with one attached hydrogen (secondary N) is 1. The van der Waals surface area contributed by atoms with Gasteiger partial charge in [0.25, 0.3) is 0 Å². The third-order valence-electron chi connectivity index (χ3n) is 2.25. The Morgan fingerprint density at radius 1 is 1.58 bits per heavy atom. The van der Waals surface area contributed by atoms with Gasteiger partial charge in [-0.1, -0.05) is 0 Å². The molecule has 0 unspecified atom stereocenters. The number of rotatable bonds is 3. The van der Waals surface area contributed by atoms with Crippen molar-refractivity contribution in [3.63, 3.8) is 0 Å². The largest absolute Gasteiger partial charge is 0.357 e. The van der Waals surface area contributed by atoms with E-state index >= 15 is 0 Å². The van der Waals surface area contributed by atoms with Crippen LogP contribution in [0.25, 0.3) is 0 Å². The molecule has 0 bridgehead atoms. The van der Waals surface area contributed by atoms with Crippen molar-refractivity contribution in [3.05, 3.63) is 0 Å². The van der Waals surface area contributed by atoms with Gasteiger partial charge in [-0.25, -0.2) is 0 Å². The van der Waals surface area contributed by atoms with Gasteiger partial charge in [-0.05, 0) is 0 Å². The smallest absolute Gasteiger partial charge is 0.232 e. The summed E-state index contributed by atoms with van der Waals surface area (Å²) in [7, 11) is 0. The summed E-state index contributed by atoms with van der Waals surface area (Å²) >= 11 is 0. The highest BCUT2D eigenvalue weighted by Crippen LogP contribution is 1.92. The van der Waals surface area contributed by atoms with Gasteiger partial charge < -0.3 is 4.90 Å². The molecule has 2 aliphatic rings. The molecule has 0 radical (unpaired) electrons.